The Hall–Kier alpha value is -2.22. The summed E-state index contributed by atoms with van der Waals surface area (Å²) in [6.07, 6.45) is 8.98. The lowest BCUT2D eigenvalue weighted by Crippen LogP contribution is -2.41. The van der Waals surface area contributed by atoms with Gasteiger partial charge in [0, 0.05) is 58.0 Å². The summed E-state index contributed by atoms with van der Waals surface area (Å²) in [5.41, 5.74) is 0. The molecule has 1 fully saturated rings. The molecule has 0 aromatic carbocycles. The number of hydrogen-bond donors (Lipinski definition) is 0. The molecule has 0 radical (unpaired) electrons. The third-order valence-electron chi connectivity index (χ3n) is 5.41. The van der Waals surface area contributed by atoms with E-state index in [1.807, 2.05) is 21.9 Å². The first-order chi connectivity index (χ1) is 12.8. The predicted octanol–water partition coefficient (Wildman–Crippen LogP) is 1.48. The van der Waals surface area contributed by atoms with Crippen LogP contribution in [0.15, 0.2) is 12.4 Å². The molecule has 26 heavy (non-hydrogen) atoms. The number of carbonyl (C=O) groups excluding carboxylic acids is 1. The summed E-state index contributed by atoms with van der Waals surface area (Å²) in [5, 5.41) is 8.43. The standard InChI is InChI=1S/C18H26N6O2/c1-26-12-11-22-10-7-19-16(22)14-5-4-8-23(13-14)18(25)17-21-20-15-6-2-3-9-24(15)17/h7,10,14H,2-6,8-9,11-13H2,1H3/t14-/m0/s1. The quantitative estimate of drug-likeness (QED) is 0.809. The number of aromatic nitrogens is 5. The Morgan fingerprint density at radius 1 is 1.27 bits per heavy atom. The van der Waals surface area contributed by atoms with E-state index >= 15 is 0 Å². The predicted molar refractivity (Wildman–Crippen MR) is 94.9 cm³/mol. The molecule has 2 aliphatic heterocycles. The van der Waals surface area contributed by atoms with Crippen molar-refractivity contribution in [3.8, 4) is 0 Å². The number of fused-ring (bicyclic) bond motifs is 1. The van der Waals surface area contributed by atoms with Crippen LogP contribution in [0.3, 0.4) is 0 Å². The number of methoxy groups -OCH3 is 1. The summed E-state index contributed by atoms with van der Waals surface area (Å²) >= 11 is 0. The Balaban J connectivity index is 1.49. The molecule has 0 unspecified atom stereocenters. The first kappa shape index (κ1) is 17.2. The van der Waals surface area contributed by atoms with Gasteiger partial charge in [0.2, 0.25) is 5.82 Å². The number of hydrogen-bond acceptors (Lipinski definition) is 5. The van der Waals surface area contributed by atoms with Crippen molar-refractivity contribution in [3.05, 3.63) is 29.9 Å². The highest BCUT2D eigenvalue weighted by Gasteiger charge is 2.31. The van der Waals surface area contributed by atoms with Crippen LogP contribution < -0.4 is 0 Å². The first-order valence-corrected chi connectivity index (χ1v) is 9.49. The number of imidazole rings is 1. The van der Waals surface area contributed by atoms with E-state index in [2.05, 4.69) is 19.7 Å². The van der Waals surface area contributed by atoms with E-state index in [-0.39, 0.29) is 11.8 Å². The van der Waals surface area contributed by atoms with Crippen LogP contribution in [0.5, 0.6) is 0 Å². The van der Waals surface area contributed by atoms with E-state index in [0.717, 1.165) is 63.4 Å². The zero-order valence-electron chi connectivity index (χ0n) is 15.3. The maximum atomic E-state index is 13.1. The topological polar surface area (TPSA) is 78.1 Å². The summed E-state index contributed by atoms with van der Waals surface area (Å²) in [4.78, 5) is 19.5. The van der Waals surface area contributed by atoms with Gasteiger partial charge in [0.05, 0.1) is 6.61 Å². The van der Waals surface area contributed by atoms with Crippen molar-refractivity contribution in [2.45, 2.75) is 51.1 Å². The summed E-state index contributed by atoms with van der Waals surface area (Å²) < 4.78 is 9.34. The lowest BCUT2D eigenvalue weighted by Gasteiger charge is -2.32. The van der Waals surface area contributed by atoms with Gasteiger partial charge in [-0.1, -0.05) is 0 Å². The summed E-state index contributed by atoms with van der Waals surface area (Å²) in [5.74, 6) is 2.75. The van der Waals surface area contributed by atoms with Crippen molar-refractivity contribution in [3.63, 3.8) is 0 Å². The zero-order valence-corrected chi connectivity index (χ0v) is 15.3. The van der Waals surface area contributed by atoms with Crippen LogP contribution in [0, 0.1) is 0 Å². The first-order valence-electron chi connectivity index (χ1n) is 9.49. The average Bonchev–Trinajstić information content (AvgIpc) is 3.33. The Labute approximate surface area is 153 Å². The van der Waals surface area contributed by atoms with Gasteiger partial charge in [-0.15, -0.1) is 10.2 Å². The van der Waals surface area contributed by atoms with E-state index in [4.69, 9.17) is 4.74 Å². The largest absolute Gasteiger partial charge is 0.383 e. The van der Waals surface area contributed by atoms with Gasteiger partial charge >= 0.3 is 0 Å². The van der Waals surface area contributed by atoms with Gasteiger partial charge < -0.3 is 18.8 Å². The highest BCUT2D eigenvalue weighted by molar-refractivity contribution is 5.90. The van der Waals surface area contributed by atoms with Crippen molar-refractivity contribution < 1.29 is 9.53 Å². The molecule has 0 saturated carbocycles. The van der Waals surface area contributed by atoms with E-state index in [9.17, 15) is 4.79 Å². The normalized spacial score (nSPS) is 20.2. The Morgan fingerprint density at radius 2 is 2.19 bits per heavy atom. The smallest absolute Gasteiger partial charge is 0.291 e. The molecule has 140 valence electrons. The third-order valence-corrected chi connectivity index (χ3v) is 5.41. The monoisotopic (exact) mass is 358 g/mol. The number of rotatable bonds is 5. The number of ether oxygens (including phenoxy) is 1. The summed E-state index contributed by atoms with van der Waals surface area (Å²) in [7, 11) is 1.71. The van der Waals surface area contributed by atoms with Gasteiger partial charge in [-0.2, -0.15) is 0 Å². The Bertz CT molecular complexity index is 768. The van der Waals surface area contributed by atoms with Gasteiger partial charge in [0.15, 0.2) is 0 Å². The van der Waals surface area contributed by atoms with Crippen LogP contribution in [-0.2, 0) is 24.2 Å². The fraction of sp³-hybridized carbons (Fsp3) is 0.667. The molecule has 8 nitrogen and oxygen atoms in total. The summed E-state index contributed by atoms with van der Waals surface area (Å²) in [6, 6.07) is 0. The molecule has 8 heteroatoms. The molecule has 1 saturated heterocycles. The number of piperidine rings is 1. The van der Waals surface area contributed by atoms with Crippen LogP contribution in [0.1, 0.15) is 53.9 Å². The van der Waals surface area contributed by atoms with E-state index in [1.165, 1.54) is 0 Å². The van der Waals surface area contributed by atoms with Gasteiger partial charge in [-0.3, -0.25) is 4.79 Å². The number of likely N-dealkylation sites (tertiary alicyclic amines) is 1. The van der Waals surface area contributed by atoms with Gasteiger partial charge in [0.25, 0.3) is 5.91 Å². The lowest BCUT2D eigenvalue weighted by atomic mass is 9.97. The van der Waals surface area contributed by atoms with E-state index < -0.39 is 0 Å². The fourth-order valence-electron chi connectivity index (χ4n) is 4.04. The third kappa shape index (κ3) is 3.25. The van der Waals surface area contributed by atoms with Crippen molar-refractivity contribution in [1.29, 1.82) is 0 Å². The molecule has 2 aliphatic rings. The number of nitrogens with zero attached hydrogens (tertiary/aromatic N) is 6. The summed E-state index contributed by atoms with van der Waals surface area (Å²) in [6.45, 7) is 3.75. The average molecular weight is 358 g/mol. The van der Waals surface area contributed by atoms with Gasteiger partial charge in [0.1, 0.15) is 11.6 Å². The minimum absolute atomic E-state index is 0.00495. The van der Waals surface area contributed by atoms with Gasteiger partial charge in [-0.05, 0) is 25.7 Å². The van der Waals surface area contributed by atoms with Gasteiger partial charge in [-0.25, -0.2) is 4.98 Å². The number of carbonyl (C=O) groups is 1. The number of aryl methyl sites for hydroxylation is 1. The van der Waals surface area contributed by atoms with Crippen LogP contribution in [0.4, 0.5) is 0 Å². The highest BCUT2D eigenvalue weighted by atomic mass is 16.5. The maximum absolute atomic E-state index is 13.1. The van der Waals surface area contributed by atoms with Crippen LogP contribution in [0.25, 0.3) is 0 Å². The van der Waals surface area contributed by atoms with E-state index in [1.54, 1.807) is 7.11 Å². The molecule has 0 bridgehead atoms. The maximum Gasteiger partial charge on any atom is 0.291 e. The second-order valence-corrected chi connectivity index (χ2v) is 7.11. The molecular formula is C18H26N6O2. The molecule has 0 N–H and O–H groups in total. The van der Waals surface area contributed by atoms with Crippen molar-refractivity contribution in [2.24, 2.45) is 0 Å². The van der Waals surface area contributed by atoms with Crippen LogP contribution in [0.2, 0.25) is 0 Å². The minimum Gasteiger partial charge on any atom is -0.383 e. The molecule has 2 aromatic heterocycles. The molecule has 1 atom stereocenters. The number of amides is 1. The minimum atomic E-state index is 0.00495. The Kier molecular flexibility index (Phi) is 5.01. The second kappa shape index (κ2) is 7.57. The van der Waals surface area contributed by atoms with Crippen LogP contribution >= 0.6 is 0 Å². The SMILES string of the molecule is COCCn1ccnc1[C@H]1CCCN(C(=O)c2nnc3n2CCCC3)C1. The Morgan fingerprint density at radius 3 is 3.08 bits per heavy atom. The molecule has 2 aromatic rings. The molecular weight excluding hydrogens is 332 g/mol. The highest BCUT2D eigenvalue weighted by Crippen LogP contribution is 2.27. The van der Waals surface area contributed by atoms with Crippen molar-refractivity contribution >= 4 is 5.91 Å². The zero-order chi connectivity index (χ0) is 17.9. The van der Waals surface area contributed by atoms with Crippen molar-refractivity contribution in [2.75, 3.05) is 26.8 Å². The van der Waals surface area contributed by atoms with Crippen molar-refractivity contribution in [1.82, 2.24) is 29.2 Å². The molecule has 0 spiro atoms. The molecule has 0 aliphatic carbocycles. The fourth-order valence-corrected chi connectivity index (χ4v) is 4.04. The molecule has 1 amide bonds. The molecule has 4 heterocycles. The van der Waals surface area contributed by atoms with Crippen LogP contribution in [-0.4, -0.2) is 61.9 Å². The lowest BCUT2D eigenvalue weighted by molar-refractivity contribution is 0.0683. The second-order valence-electron chi connectivity index (χ2n) is 7.11. The molecule has 4 rings (SSSR count). The van der Waals surface area contributed by atoms with E-state index in [0.29, 0.717) is 19.0 Å².